The molecule has 6 nitrogen and oxygen atoms in total. The Bertz CT molecular complexity index is 877. The molecule has 0 aliphatic carbocycles. The van der Waals surface area contributed by atoms with Gasteiger partial charge in [-0.1, -0.05) is 6.07 Å². The number of fused-ring (bicyclic) bond motifs is 3. The first-order chi connectivity index (χ1) is 11.2. The number of H-pyrrole nitrogens is 1. The molecule has 0 bridgehead atoms. The van der Waals surface area contributed by atoms with E-state index in [1.54, 1.807) is 18.0 Å². The quantitative estimate of drug-likeness (QED) is 0.707. The molecule has 2 aromatic heterocycles. The van der Waals surface area contributed by atoms with E-state index in [1.807, 2.05) is 18.2 Å². The van der Waals surface area contributed by atoms with Gasteiger partial charge in [-0.3, -0.25) is 9.36 Å². The molecule has 6 heteroatoms. The van der Waals surface area contributed by atoms with Gasteiger partial charge < -0.3 is 14.6 Å². The van der Waals surface area contributed by atoms with Gasteiger partial charge in [0.2, 0.25) is 0 Å². The summed E-state index contributed by atoms with van der Waals surface area (Å²) in [5.74, 6) is 0.728. The minimum atomic E-state index is -0.0280. The van der Waals surface area contributed by atoms with Crippen LogP contribution in [-0.2, 0) is 6.54 Å². The number of rotatable bonds is 6. The molecule has 0 amide bonds. The van der Waals surface area contributed by atoms with Crippen molar-refractivity contribution in [1.29, 1.82) is 0 Å². The van der Waals surface area contributed by atoms with Crippen LogP contribution in [0.5, 0.6) is 5.75 Å². The fraction of sp³-hybridized carbons (Fsp3) is 0.412. The molecule has 0 spiro atoms. The highest BCUT2D eigenvalue weighted by atomic mass is 16.5. The Morgan fingerprint density at radius 3 is 2.78 bits per heavy atom. The topological polar surface area (TPSA) is 64.3 Å². The summed E-state index contributed by atoms with van der Waals surface area (Å²) in [6.45, 7) is 8.03. The van der Waals surface area contributed by atoms with Crippen LogP contribution in [-0.4, -0.2) is 41.3 Å². The van der Waals surface area contributed by atoms with Gasteiger partial charge in [0.25, 0.3) is 5.56 Å². The van der Waals surface area contributed by atoms with Gasteiger partial charge in [0, 0.05) is 0 Å². The van der Waals surface area contributed by atoms with Crippen LogP contribution in [0.1, 0.15) is 13.8 Å². The smallest absolute Gasteiger partial charge is 0.277 e. The third kappa shape index (κ3) is 2.70. The summed E-state index contributed by atoms with van der Waals surface area (Å²) in [6.07, 6.45) is 1.65. The van der Waals surface area contributed by atoms with Gasteiger partial charge in [-0.25, -0.2) is 4.98 Å². The molecule has 0 atom stereocenters. The summed E-state index contributed by atoms with van der Waals surface area (Å²) in [4.78, 5) is 21.9. The molecule has 0 unspecified atom stereocenters. The van der Waals surface area contributed by atoms with Gasteiger partial charge in [-0.2, -0.15) is 0 Å². The van der Waals surface area contributed by atoms with Crippen molar-refractivity contribution in [1.82, 2.24) is 14.5 Å². The van der Waals surface area contributed by atoms with E-state index in [-0.39, 0.29) is 5.56 Å². The molecule has 23 heavy (non-hydrogen) atoms. The van der Waals surface area contributed by atoms with Crippen LogP contribution in [0.25, 0.3) is 21.9 Å². The Kier molecular flexibility index (Phi) is 4.34. The maximum atomic E-state index is 12.7. The fourth-order valence-electron chi connectivity index (χ4n) is 3.02. The number of nitrogens with zero attached hydrogens (tertiary/aromatic N) is 2. The highest BCUT2D eigenvalue weighted by Gasteiger charge is 2.14. The Balaban J connectivity index is 2.06. The minimum Gasteiger partial charge on any atom is -0.496 e. The molecule has 3 rings (SSSR count). The van der Waals surface area contributed by atoms with E-state index < -0.39 is 0 Å². The summed E-state index contributed by atoms with van der Waals surface area (Å²) < 4.78 is 7.09. The molecule has 1 aromatic carbocycles. The van der Waals surface area contributed by atoms with Crippen molar-refractivity contribution in [2.45, 2.75) is 20.4 Å². The van der Waals surface area contributed by atoms with Crippen molar-refractivity contribution in [3.63, 3.8) is 0 Å². The second-order valence-electron chi connectivity index (χ2n) is 5.68. The maximum absolute atomic E-state index is 12.7. The summed E-state index contributed by atoms with van der Waals surface area (Å²) >= 11 is 0. The van der Waals surface area contributed by atoms with E-state index in [4.69, 9.17) is 4.74 Å². The average molecular weight is 315 g/mol. The molecule has 2 N–H and O–H groups in total. The van der Waals surface area contributed by atoms with E-state index in [0.29, 0.717) is 17.6 Å². The number of hydrogen-bond donors (Lipinski definition) is 2. The highest BCUT2D eigenvalue weighted by molar-refractivity contribution is 6.07. The Morgan fingerprint density at radius 2 is 2.09 bits per heavy atom. The number of hydrogen-bond acceptors (Lipinski definition) is 3. The summed E-state index contributed by atoms with van der Waals surface area (Å²) in [5, 5.41) is 0.864. The van der Waals surface area contributed by atoms with E-state index in [0.717, 1.165) is 36.3 Å². The van der Waals surface area contributed by atoms with Crippen LogP contribution in [0.15, 0.2) is 29.3 Å². The van der Waals surface area contributed by atoms with Crippen molar-refractivity contribution in [3.8, 4) is 5.75 Å². The lowest BCUT2D eigenvalue weighted by atomic mass is 10.2. The number of quaternary nitrogens is 1. The third-order valence-electron chi connectivity index (χ3n) is 4.49. The van der Waals surface area contributed by atoms with Gasteiger partial charge in [-0.15, -0.1) is 0 Å². The van der Waals surface area contributed by atoms with E-state index in [9.17, 15) is 4.79 Å². The maximum Gasteiger partial charge on any atom is 0.277 e. The molecule has 0 saturated heterocycles. The summed E-state index contributed by atoms with van der Waals surface area (Å²) in [6, 6.07) is 5.72. The molecule has 122 valence electrons. The standard InChI is InChI=1S/C17H22N4O2/c1-4-20(5-2)9-10-21-11-18-15-14-12(19-16(15)17(21)22)7-6-8-13(14)23-3/h6-8,11,19H,4-5,9-10H2,1-3H3/p+1. The van der Waals surface area contributed by atoms with E-state index in [1.165, 1.54) is 4.90 Å². The normalized spacial score (nSPS) is 11.7. The van der Waals surface area contributed by atoms with Crippen LogP contribution in [0.3, 0.4) is 0 Å². The van der Waals surface area contributed by atoms with Gasteiger partial charge in [0.1, 0.15) is 16.8 Å². The van der Waals surface area contributed by atoms with Crippen LogP contribution in [0.2, 0.25) is 0 Å². The predicted molar refractivity (Wildman–Crippen MR) is 91.3 cm³/mol. The predicted octanol–water partition coefficient (Wildman–Crippen LogP) is 0.811. The zero-order chi connectivity index (χ0) is 16.4. The Morgan fingerprint density at radius 1 is 1.30 bits per heavy atom. The zero-order valence-electron chi connectivity index (χ0n) is 13.8. The summed E-state index contributed by atoms with van der Waals surface area (Å²) in [7, 11) is 1.63. The molecule has 0 saturated carbocycles. The van der Waals surface area contributed by atoms with Crippen LogP contribution >= 0.6 is 0 Å². The van der Waals surface area contributed by atoms with Crippen molar-refractivity contribution < 1.29 is 9.64 Å². The van der Waals surface area contributed by atoms with Crippen LogP contribution in [0, 0.1) is 0 Å². The lowest BCUT2D eigenvalue weighted by molar-refractivity contribution is -0.897. The number of aromatic amines is 1. The number of methoxy groups -OCH3 is 1. The average Bonchev–Trinajstić information content (AvgIpc) is 2.97. The lowest BCUT2D eigenvalue weighted by Gasteiger charge is -2.15. The molecule has 3 aromatic rings. The molecule has 0 aliphatic rings. The third-order valence-corrected chi connectivity index (χ3v) is 4.49. The number of likely N-dealkylation sites (N-methyl/N-ethyl adjacent to an activating group) is 1. The van der Waals surface area contributed by atoms with Gasteiger partial charge >= 0.3 is 0 Å². The SMILES string of the molecule is CC[NH+](CC)CCn1cnc2c([nH]c3cccc(OC)c32)c1=O. The number of benzene rings is 1. The molecule has 0 aliphatic heterocycles. The number of ether oxygens (including phenoxy) is 1. The first kappa shape index (κ1) is 15.6. The van der Waals surface area contributed by atoms with Gasteiger partial charge in [-0.05, 0) is 26.0 Å². The molecule has 2 heterocycles. The first-order valence-corrected chi connectivity index (χ1v) is 8.07. The van der Waals surface area contributed by atoms with Gasteiger partial charge in [0.05, 0.1) is 50.5 Å². The monoisotopic (exact) mass is 315 g/mol. The minimum absolute atomic E-state index is 0.0280. The lowest BCUT2D eigenvalue weighted by Crippen LogP contribution is -3.11. The largest absolute Gasteiger partial charge is 0.496 e. The molecule has 0 fully saturated rings. The van der Waals surface area contributed by atoms with Crippen molar-refractivity contribution in [3.05, 3.63) is 34.9 Å². The number of aromatic nitrogens is 3. The van der Waals surface area contributed by atoms with Gasteiger partial charge in [0.15, 0.2) is 0 Å². The summed E-state index contributed by atoms with van der Waals surface area (Å²) in [5.41, 5.74) is 2.06. The van der Waals surface area contributed by atoms with Crippen LogP contribution in [0.4, 0.5) is 0 Å². The van der Waals surface area contributed by atoms with Crippen LogP contribution < -0.4 is 15.2 Å². The van der Waals surface area contributed by atoms with E-state index in [2.05, 4.69) is 23.8 Å². The van der Waals surface area contributed by atoms with Crippen molar-refractivity contribution in [2.24, 2.45) is 0 Å². The second kappa shape index (κ2) is 6.42. The van der Waals surface area contributed by atoms with E-state index >= 15 is 0 Å². The Hall–Kier alpha value is -2.34. The highest BCUT2D eigenvalue weighted by Crippen LogP contribution is 2.30. The number of nitrogens with one attached hydrogen (secondary N) is 2. The zero-order valence-corrected chi connectivity index (χ0v) is 13.8. The molecular weight excluding hydrogens is 292 g/mol. The second-order valence-corrected chi connectivity index (χ2v) is 5.68. The van der Waals surface area contributed by atoms with Crippen molar-refractivity contribution >= 4 is 21.9 Å². The molecule has 0 radical (unpaired) electrons. The fourth-order valence-corrected chi connectivity index (χ4v) is 3.02. The molecular formula is C17H23N4O2+. The van der Waals surface area contributed by atoms with Crippen molar-refractivity contribution in [2.75, 3.05) is 26.7 Å². The Labute approximate surface area is 134 Å². The first-order valence-electron chi connectivity index (χ1n) is 8.07.